The van der Waals surface area contributed by atoms with E-state index in [1.165, 1.54) is 30.6 Å². The summed E-state index contributed by atoms with van der Waals surface area (Å²) in [6, 6.07) is 14.1. The molecule has 2 heterocycles. The summed E-state index contributed by atoms with van der Waals surface area (Å²) < 4.78 is 0. The molecule has 1 N–H and O–H groups in total. The Balaban J connectivity index is 1.47. The van der Waals surface area contributed by atoms with Gasteiger partial charge in [0.1, 0.15) is 11.7 Å². The number of pyridine rings is 1. The summed E-state index contributed by atoms with van der Waals surface area (Å²) in [6.07, 6.45) is 7.75. The number of amides is 1. The molecule has 0 spiro atoms. The SMILES string of the molecule is N#C[C@H]1[C@H](c2ccc(C#CCC3CCCC3)cc2)[C@@H](CO)N1C(=O)c1ccccn1. The molecule has 1 saturated heterocycles. The molecule has 1 aliphatic carbocycles. The van der Waals surface area contributed by atoms with Gasteiger partial charge in [0.15, 0.2) is 0 Å². The second-order valence-electron chi connectivity index (χ2n) is 8.06. The van der Waals surface area contributed by atoms with Crippen LogP contribution >= 0.6 is 0 Å². The Bertz CT molecular complexity index is 979. The highest BCUT2D eigenvalue weighted by molar-refractivity contribution is 5.94. The lowest BCUT2D eigenvalue weighted by Crippen LogP contribution is -2.65. The number of likely N-dealkylation sites (tertiary alicyclic amines) is 1. The largest absolute Gasteiger partial charge is 0.394 e. The minimum Gasteiger partial charge on any atom is -0.394 e. The second-order valence-corrected chi connectivity index (χ2v) is 8.06. The van der Waals surface area contributed by atoms with Crippen molar-refractivity contribution >= 4 is 5.91 Å². The highest BCUT2D eigenvalue weighted by atomic mass is 16.3. The first-order valence-electron chi connectivity index (χ1n) is 10.6. The van der Waals surface area contributed by atoms with E-state index < -0.39 is 12.1 Å². The first kappa shape index (κ1) is 20.1. The van der Waals surface area contributed by atoms with Crippen LogP contribution in [0.15, 0.2) is 48.7 Å². The van der Waals surface area contributed by atoms with E-state index in [2.05, 4.69) is 22.9 Å². The molecule has 5 nitrogen and oxygen atoms in total. The third-order valence-corrected chi connectivity index (χ3v) is 6.24. The van der Waals surface area contributed by atoms with Crippen LogP contribution in [0.1, 0.15) is 59.6 Å². The van der Waals surface area contributed by atoms with E-state index in [4.69, 9.17) is 0 Å². The van der Waals surface area contributed by atoms with Crippen LogP contribution in [0.4, 0.5) is 0 Å². The van der Waals surface area contributed by atoms with Gasteiger partial charge in [-0.15, -0.1) is 0 Å². The summed E-state index contributed by atoms with van der Waals surface area (Å²) in [7, 11) is 0. The summed E-state index contributed by atoms with van der Waals surface area (Å²) in [6.45, 7) is -0.204. The van der Waals surface area contributed by atoms with E-state index in [-0.39, 0.29) is 24.1 Å². The Labute approximate surface area is 177 Å². The molecule has 1 amide bonds. The average Bonchev–Trinajstić information content (AvgIpc) is 3.29. The van der Waals surface area contributed by atoms with Crippen LogP contribution in [0.5, 0.6) is 0 Å². The van der Waals surface area contributed by atoms with E-state index in [1.807, 2.05) is 24.3 Å². The van der Waals surface area contributed by atoms with E-state index in [9.17, 15) is 15.2 Å². The Morgan fingerprint density at radius 3 is 2.57 bits per heavy atom. The maximum absolute atomic E-state index is 12.8. The average molecular weight is 399 g/mol. The number of aliphatic hydroxyl groups is 1. The Hall–Kier alpha value is -3.15. The first-order chi connectivity index (χ1) is 14.7. The standard InChI is InChI=1S/C25H25N3O2/c26-16-22-24(23(17-29)28(22)25(30)21-10-3-4-15-27-21)20-13-11-19(12-14-20)9-5-8-18-6-1-2-7-18/h3-4,10-15,18,22-24,29H,1-2,6-8,17H2/t22-,23+,24-/m0/s1. The molecule has 152 valence electrons. The van der Waals surface area contributed by atoms with E-state index in [0.717, 1.165) is 23.5 Å². The van der Waals surface area contributed by atoms with Gasteiger partial charge in [-0.1, -0.05) is 42.9 Å². The number of hydrogen-bond acceptors (Lipinski definition) is 4. The van der Waals surface area contributed by atoms with Crippen molar-refractivity contribution in [1.82, 2.24) is 9.88 Å². The van der Waals surface area contributed by atoms with Crippen molar-refractivity contribution in [2.24, 2.45) is 5.92 Å². The summed E-state index contributed by atoms with van der Waals surface area (Å²) in [5, 5.41) is 19.6. The van der Waals surface area contributed by atoms with Gasteiger partial charge in [-0.3, -0.25) is 9.78 Å². The predicted molar refractivity (Wildman–Crippen MR) is 113 cm³/mol. The van der Waals surface area contributed by atoms with Gasteiger partial charge in [-0.2, -0.15) is 5.26 Å². The topological polar surface area (TPSA) is 77.2 Å². The molecular formula is C25H25N3O2. The number of rotatable bonds is 4. The summed E-state index contributed by atoms with van der Waals surface area (Å²) in [5.74, 6) is 6.72. The van der Waals surface area contributed by atoms with Gasteiger partial charge in [0, 0.05) is 24.1 Å². The zero-order valence-electron chi connectivity index (χ0n) is 16.9. The second kappa shape index (κ2) is 9.11. The van der Waals surface area contributed by atoms with E-state index in [0.29, 0.717) is 0 Å². The fourth-order valence-electron chi connectivity index (χ4n) is 4.61. The van der Waals surface area contributed by atoms with Crippen LogP contribution in [-0.2, 0) is 0 Å². The van der Waals surface area contributed by atoms with Gasteiger partial charge in [-0.25, -0.2) is 0 Å². The summed E-state index contributed by atoms with van der Waals surface area (Å²) >= 11 is 0. The Kier molecular flexibility index (Phi) is 6.12. The van der Waals surface area contributed by atoms with Gasteiger partial charge in [-0.05, 0) is 48.6 Å². The van der Waals surface area contributed by atoms with E-state index in [1.54, 1.807) is 24.4 Å². The van der Waals surface area contributed by atoms with Crippen molar-refractivity contribution in [3.05, 3.63) is 65.5 Å². The molecule has 4 rings (SSSR count). The Morgan fingerprint density at radius 2 is 1.93 bits per heavy atom. The normalized spacial score (nSPS) is 23.2. The van der Waals surface area contributed by atoms with E-state index >= 15 is 0 Å². The van der Waals surface area contributed by atoms with Gasteiger partial charge in [0.25, 0.3) is 5.91 Å². The van der Waals surface area contributed by atoms with Crippen molar-refractivity contribution in [3.8, 4) is 17.9 Å². The van der Waals surface area contributed by atoms with Crippen molar-refractivity contribution in [2.75, 3.05) is 6.61 Å². The zero-order valence-corrected chi connectivity index (χ0v) is 16.9. The van der Waals surface area contributed by atoms with Crippen molar-refractivity contribution in [1.29, 1.82) is 5.26 Å². The number of aliphatic hydroxyl groups excluding tert-OH is 1. The van der Waals surface area contributed by atoms with Crippen LogP contribution in [0.25, 0.3) is 0 Å². The lowest BCUT2D eigenvalue weighted by atomic mass is 9.75. The minimum atomic E-state index is -0.629. The molecule has 2 aromatic rings. The number of carbonyl (C=O) groups excluding carboxylic acids is 1. The van der Waals surface area contributed by atoms with Crippen LogP contribution in [0.3, 0.4) is 0 Å². The maximum Gasteiger partial charge on any atom is 0.273 e. The molecule has 3 atom stereocenters. The number of carbonyl (C=O) groups is 1. The molecule has 1 aliphatic heterocycles. The van der Waals surface area contributed by atoms with Crippen LogP contribution in [-0.4, -0.2) is 39.6 Å². The number of hydrogen-bond donors (Lipinski definition) is 1. The summed E-state index contributed by atoms with van der Waals surface area (Å²) in [4.78, 5) is 18.3. The number of aromatic nitrogens is 1. The third-order valence-electron chi connectivity index (χ3n) is 6.24. The molecule has 0 bridgehead atoms. The maximum atomic E-state index is 12.8. The van der Waals surface area contributed by atoms with Crippen molar-refractivity contribution in [2.45, 2.75) is 50.1 Å². The third kappa shape index (κ3) is 3.95. The fraction of sp³-hybridized carbons (Fsp3) is 0.400. The highest BCUT2D eigenvalue weighted by Gasteiger charge is 2.52. The molecule has 1 saturated carbocycles. The molecular weight excluding hydrogens is 374 g/mol. The molecule has 0 unspecified atom stereocenters. The quantitative estimate of drug-likeness (QED) is 0.798. The van der Waals surface area contributed by atoms with Crippen LogP contribution in [0.2, 0.25) is 0 Å². The number of benzene rings is 1. The number of nitriles is 1. The smallest absolute Gasteiger partial charge is 0.273 e. The van der Waals surface area contributed by atoms with Crippen molar-refractivity contribution in [3.63, 3.8) is 0 Å². The zero-order chi connectivity index (χ0) is 20.9. The van der Waals surface area contributed by atoms with Gasteiger partial charge < -0.3 is 10.0 Å². The monoisotopic (exact) mass is 399 g/mol. The van der Waals surface area contributed by atoms with Crippen LogP contribution in [0, 0.1) is 29.1 Å². The lowest BCUT2D eigenvalue weighted by Gasteiger charge is -2.51. The van der Waals surface area contributed by atoms with Gasteiger partial charge in [0.05, 0.1) is 18.7 Å². The molecule has 1 aromatic heterocycles. The molecule has 1 aromatic carbocycles. The molecule has 30 heavy (non-hydrogen) atoms. The van der Waals surface area contributed by atoms with Crippen molar-refractivity contribution < 1.29 is 9.90 Å². The Morgan fingerprint density at radius 1 is 1.17 bits per heavy atom. The molecule has 2 fully saturated rings. The molecule has 5 heteroatoms. The fourth-order valence-corrected chi connectivity index (χ4v) is 4.61. The molecule has 2 aliphatic rings. The summed E-state index contributed by atoms with van der Waals surface area (Å²) in [5.41, 5.74) is 2.17. The lowest BCUT2D eigenvalue weighted by molar-refractivity contribution is -0.00629. The van der Waals surface area contributed by atoms with Gasteiger partial charge in [0.2, 0.25) is 0 Å². The predicted octanol–water partition coefficient (Wildman–Crippen LogP) is 3.51. The molecule has 0 radical (unpaired) electrons. The van der Waals surface area contributed by atoms with Gasteiger partial charge >= 0.3 is 0 Å². The number of nitrogens with zero attached hydrogens (tertiary/aromatic N) is 3. The van der Waals surface area contributed by atoms with Crippen LogP contribution < -0.4 is 0 Å². The minimum absolute atomic E-state index is 0.204. The first-order valence-corrected chi connectivity index (χ1v) is 10.6. The highest BCUT2D eigenvalue weighted by Crippen LogP contribution is 2.41.